The number of methoxy groups -OCH3 is 1. The number of ether oxygens (including phenoxy) is 1. The number of likely N-dealkylation sites (tertiary alicyclic amines) is 1. The molecule has 1 N–H and O–H groups in total. The van der Waals surface area contributed by atoms with Gasteiger partial charge in [-0.1, -0.05) is 25.6 Å². The molecule has 1 aromatic heterocycles. The largest absolute Gasteiger partial charge is 0.384 e. The SMILES string of the molecule is CN=C(NCCCc1nnc(SC)n1CC(C)C)N1CCC(COC)C1. The minimum absolute atomic E-state index is 0.586. The van der Waals surface area contributed by atoms with E-state index in [1.165, 1.54) is 6.42 Å². The highest BCUT2D eigenvalue weighted by atomic mass is 32.2. The summed E-state index contributed by atoms with van der Waals surface area (Å²) in [6.07, 6.45) is 5.17. The van der Waals surface area contributed by atoms with E-state index in [0.29, 0.717) is 11.8 Å². The van der Waals surface area contributed by atoms with E-state index in [4.69, 9.17) is 4.74 Å². The monoisotopic (exact) mass is 382 g/mol. The van der Waals surface area contributed by atoms with E-state index in [9.17, 15) is 0 Å². The Morgan fingerprint density at radius 1 is 1.42 bits per heavy atom. The fraction of sp³-hybridized carbons (Fsp3) is 0.833. The maximum Gasteiger partial charge on any atom is 0.193 e. The molecule has 8 heteroatoms. The number of thioether (sulfide) groups is 1. The lowest BCUT2D eigenvalue weighted by molar-refractivity contribution is 0.157. The Kier molecular flexibility index (Phi) is 8.71. The van der Waals surface area contributed by atoms with Crippen LogP contribution >= 0.6 is 11.8 Å². The maximum atomic E-state index is 5.28. The van der Waals surface area contributed by atoms with Crippen molar-refractivity contribution in [2.75, 3.05) is 46.7 Å². The Labute approximate surface area is 162 Å². The molecule has 1 saturated heterocycles. The van der Waals surface area contributed by atoms with E-state index in [1.54, 1.807) is 18.9 Å². The second kappa shape index (κ2) is 10.8. The third-order valence-corrected chi connectivity index (χ3v) is 5.25. The molecule has 0 aliphatic carbocycles. The van der Waals surface area contributed by atoms with E-state index in [0.717, 1.165) is 62.6 Å². The van der Waals surface area contributed by atoms with Crippen molar-refractivity contribution in [3.63, 3.8) is 0 Å². The van der Waals surface area contributed by atoms with Gasteiger partial charge in [-0.3, -0.25) is 4.99 Å². The predicted octanol–water partition coefficient (Wildman–Crippen LogP) is 2.13. The Balaban J connectivity index is 1.80. The van der Waals surface area contributed by atoms with Crippen molar-refractivity contribution in [1.82, 2.24) is 25.0 Å². The molecule has 2 rings (SSSR count). The van der Waals surface area contributed by atoms with E-state index >= 15 is 0 Å². The lowest BCUT2D eigenvalue weighted by atomic mass is 10.1. The molecule has 0 spiro atoms. The van der Waals surface area contributed by atoms with Crippen molar-refractivity contribution >= 4 is 17.7 Å². The predicted molar refractivity (Wildman–Crippen MR) is 108 cm³/mol. The summed E-state index contributed by atoms with van der Waals surface area (Å²) in [5.41, 5.74) is 0. The molecule has 0 bridgehead atoms. The Bertz CT molecular complexity index is 574. The zero-order valence-electron chi connectivity index (χ0n) is 16.9. The smallest absolute Gasteiger partial charge is 0.193 e. The van der Waals surface area contributed by atoms with E-state index in [2.05, 4.69) is 50.1 Å². The molecule has 2 heterocycles. The highest BCUT2D eigenvalue weighted by molar-refractivity contribution is 7.98. The van der Waals surface area contributed by atoms with Crippen LogP contribution in [0.3, 0.4) is 0 Å². The number of hydrogen-bond acceptors (Lipinski definition) is 5. The van der Waals surface area contributed by atoms with Crippen LogP contribution in [0.5, 0.6) is 0 Å². The van der Waals surface area contributed by atoms with Crippen molar-refractivity contribution in [2.24, 2.45) is 16.8 Å². The van der Waals surface area contributed by atoms with Crippen LogP contribution in [0.1, 0.15) is 32.5 Å². The van der Waals surface area contributed by atoms with Gasteiger partial charge in [0.15, 0.2) is 11.1 Å². The zero-order valence-corrected chi connectivity index (χ0v) is 17.7. The number of nitrogens with one attached hydrogen (secondary N) is 1. The molecule has 0 aromatic carbocycles. The Morgan fingerprint density at radius 3 is 2.88 bits per heavy atom. The molecular formula is C18H34N6OS. The molecule has 0 radical (unpaired) electrons. The van der Waals surface area contributed by atoms with Gasteiger partial charge in [-0.15, -0.1) is 10.2 Å². The Morgan fingerprint density at radius 2 is 2.23 bits per heavy atom. The van der Waals surface area contributed by atoms with Gasteiger partial charge in [-0.05, 0) is 25.0 Å². The van der Waals surface area contributed by atoms with Crippen LogP contribution < -0.4 is 5.32 Å². The van der Waals surface area contributed by atoms with Crippen LogP contribution in [0.2, 0.25) is 0 Å². The highest BCUT2D eigenvalue weighted by Crippen LogP contribution is 2.17. The van der Waals surface area contributed by atoms with Crippen LogP contribution in [0.25, 0.3) is 0 Å². The number of rotatable bonds is 9. The van der Waals surface area contributed by atoms with Crippen LogP contribution in [-0.2, 0) is 17.7 Å². The zero-order chi connectivity index (χ0) is 18.9. The standard InChI is InChI=1S/C18H34N6OS/c1-14(2)11-24-16(21-22-18(24)26-5)7-6-9-20-17(19-3)23-10-8-15(12-23)13-25-4/h14-15H,6-13H2,1-5H3,(H,19,20). The first-order chi connectivity index (χ1) is 12.6. The lowest BCUT2D eigenvalue weighted by Gasteiger charge is -2.21. The number of guanidine groups is 1. The van der Waals surface area contributed by atoms with E-state index < -0.39 is 0 Å². The Hall–Kier alpha value is -1.28. The first kappa shape index (κ1) is 21.0. The normalized spacial score (nSPS) is 18.2. The van der Waals surface area contributed by atoms with Gasteiger partial charge < -0.3 is 19.5 Å². The maximum absolute atomic E-state index is 5.28. The molecule has 1 aliphatic rings. The van der Waals surface area contributed by atoms with Gasteiger partial charge in [0.05, 0.1) is 6.61 Å². The second-order valence-corrected chi connectivity index (χ2v) is 8.01. The highest BCUT2D eigenvalue weighted by Gasteiger charge is 2.24. The topological polar surface area (TPSA) is 67.6 Å². The molecule has 0 saturated carbocycles. The summed E-state index contributed by atoms with van der Waals surface area (Å²) in [6.45, 7) is 9.22. The van der Waals surface area contributed by atoms with Crippen molar-refractivity contribution in [3.8, 4) is 0 Å². The third kappa shape index (κ3) is 5.87. The average Bonchev–Trinajstić information content (AvgIpc) is 3.22. The molecule has 7 nitrogen and oxygen atoms in total. The van der Waals surface area contributed by atoms with Gasteiger partial charge in [0.1, 0.15) is 5.82 Å². The van der Waals surface area contributed by atoms with Crippen molar-refractivity contribution in [2.45, 2.75) is 44.8 Å². The molecule has 1 fully saturated rings. The van der Waals surface area contributed by atoms with Gasteiger partial charge in [-0.25, -0.2) is 0 Å². The fourth-order valence-corrected chi connectivity index (χ4v) is 3.90. The van der Waals surface area contributed by atoms with E-state index in [-0.39, 0.29) is 0 Å². The molecule has 1 aliphatic heterocycles. The third-order valence-electron chi connectivity index (χ3n) is 4.58. The number of hydrogen-bond donors (Lipinski definition) is 1. The number of aryl methyl sites for hydroxylation is 1. The summed E-state index contributed by atoms with van der Waals surface area (Å²) in [5.74, 6) is 3.28. The van der Waals surface area contributed by atoms with Crippen LogP contribution in [0.4, 0.5) is 0 Å². The molecular weight excluding hydrogens is 348 g/mol. The van der Waals surface area contributed by atoms with Gasteiger partial charge in [0.2, 0.25) is 0 Å². The average molecular weight is 383 g/mol. The van der Waals surface area contributed by atoms with Gasteiger partial charge in [0.25, 0.3) is 0 Å². The van der Waals surface area contributed by atoms with Crippen molar-refractivity contribution in [1.29, 1.82) is 0 Å². The summed E-state index contributed by atoms with van der Waals surface area (Å²) >= 11 is 1.66. The second-order valence-electron chi connectivity index (χ2n) is 7.24. The summed E-state index contributed by atoms with van der Waals surface area (Å²) < 4.78 is 7.54. The van der Waals surface area contributed by atoms with Crippen molar-refractivity contribution in [3.05, 3.63) is 5.82 Å². The first-order valence-corrected chi connectivity index (χ1v) is 10.7. The molecule has 26 heavy (non-hydrogen) atoms. The quantitative estimate of drug-likeness (QED) is 0.305. The summed E-state index contributed by atoms with van der Waals surface area (Å²) in [4.78, 5) is 6.77. The molecule has 0 amide bonds. The van der Waals surface area contributed by atoms with Crippen LogP contribution in [0, 0.1) is 11.8 Å². The van der Waals surface area contributed by atoms with Gasteiger partial charge in [-0.2, -0.15) is 0 Å². The fourth-order valence-electron chi connectivity index (χ4n) is 3.38. The minimum Gasteiger partial charge on any atom is -0.384 e. The van der Waals surface area contributed by atoms with Crippen LogP contribution in [-0.4, -0.2) is 72.3 Å². The summed E-state index contributed by atoms with van der Waals surface area (Å²) in [5, 5.41) is 13.2. The van der Waals surface area contributed by atoms with Gasteiger partial charge in [0, 0.05) is 52.7 Å². The summed E-state index contributed by atoms with van der Waals surface area (Å²) in [6, 6.07) is 0. The number of aromatic nitrogens is 3. The molecule has 1 aromatic rings. The number of aliphatic imine (C=N–C) groups is 1. The van der Waals surface area contributed by atoms with Crippen molar-refractivity contribution < 1.29 is 4.74 Å². The van der Waals surface area contributed by atoms with Crippen LogP contribution in [0.15, 0.2) is 10.1 Å². The summed E-state index contributed by atoms with van der Waals surface area (Å²) in [7, 11) is 3.63. The molecule has 1 unspecified atom stereocenters. The van der Waals surface area contributed by atoms with E-state index in [1.807, 2.05) is 7.05 Å². The molecule has 148 valence electrons. The molecule has 1 atom stereocenters. The lowest BCUT2D eigenvalue weighted by Crippen LogP contribution is -2.40. The van der Waals surface area contributed by atoms with Gasteiger partial charge >= 0.3 is 0 Å². The first-order valence-electron chi connectivity index (χ1n) is 9.49. The number of nitrogens with zero attached hydrogens (tertiary/aromatic N) is 5. The minimum atomic E-state index is 0.586.